The van der Waals surface area contributed by atoms with Gasteiger partial charge in [-0.1, -0.05) is 18.2 Å². The van der Waals surface area contributed by atoms with E-state index < -0.39 is 12.3 Å². The van der Waals surface area contributed by atoms with Crippen molar-refractivity contribution >= 4 is 5.97 Å². The molecular weight excluding hydrogens is 287 g/mol. The highest BCUT2D eigenvalue weighted by Gasteiger charge is 2.32. The van der Waals surface area contributed by atoms with Gasteiger partial charge >= 0.3 is 12.3 Å². The SMILES string of the molecule is O=C(O)Cc1ccc(-c2ccccc2OC(F)(F)F)nc1. The largest absolute Gasteiger partial charge is 0.573 e. The van der Waals surface area contributed by atoms with Crippen LogP contribution in [0, 0.1) is 0 Å². The van der Waals surface area contributed by atoms with Gasteiger partial charge in [0.25, 0.3) is 0 Å². The van der Waals surface area contributed by atoms with E-state index >= 15 is 0 Å². The summed E-state index contributed by atoms with van der Waals surface area (Å²) >= 11 is 0. The lowest BCUT2D eigenvalue weighted by Gasteiger charge is -2.12. The predicted octanol–water partition coefficient (Wildman–Crippen LogP) is 3.27. The van der Waals surface area contributed by atoms with Crippen molar-refractivity contribution in [3.05, 3.63) is 48.2 Å². The van der Waals surface area contributed by atoms with Gasteiger partial charge in [-0.15, -0.1) is 13.2 Å². The second-order valence-corrected chi connectivity index (χ2v) is 4.17. The number of carboxylic acid groups (broad SMARTS) is 1. The zero-order valence-corrected chi connectivity index (χ0v) is 10.6. The van der Waals surface area contributed by atoms with Gasteiger partial charge in [-0.2, -0.15) is 0 Å². The molecule has 2 rings (SSSR count). The fourth-order valence-corrected chi connectivity index (χ4v) is 1.75. The zero-order valence-electron chi connectivity index (χ0n) is 10.6. The number of rotatable bonds is 4. The minimum absolute atomic E-state index is 0.178. The Balaban J connectivity index is 2.31. The molecule has 0 aliphatic carbocycles. The molecule has 7 heteroatoms. The van der Waals surface area contributed by atoms with E-state index in [4.69, 9.17) is 5.11 Å². The summed E-state index contributed by atoms with van der Waals surface area (Å²) in [6, 6.07) is 8.57. The average molecular weight is 297 g/mol. The molecule has 0 fully saturated rings. The molecular formula is C14H10F3NO3. The molecule has 0 saturated heterocycles. The van der Waals surface area contributed by atoms with Crippen molar-refractivity contribution in [2.45, 2.75) is 12.8 Å². The van der Waals surface area contributed by atoms with E-state index in [1.54, 1.807) is 6.07 Å². The third-order valence-corrected chi connectivity index (χ3v) is 2.57. The first-order chi connectivity index (χ1) is 9.85. The normalized spacial score (nSPS) is 11.2. The number of alkyl halides is 3. The number of carboxylic acids is 1. The Hall–Kier alpha value is -2.57. The third-order valence-electron chi connectivity index (χ3n) is 2.57. The second kappa shape index (κ2) is 5.82. The number of aromatic nitrogens is 1. The number of ether oxygens (including phenoxy) is 1. The van der Waals surface area contributed by atoms with Crippen LogP contribution in [0.2, 0.25) is 0 Å². The molecule has 1 aromatic heterocycles. The fraction of sp³-hybridized carbons (Fsp3) is 0.143. The van der Waals surface area contributed by atoms with Crippen LogP contribution in [0.5, 0.6) is 5.75 Å². The van der Waals surface area contributed by atoms with E-state index in [9.17, 15) is 18.0 Å². The number of pyridine rings is 1. The Bertz CT molecular complexity index is 639. The lowest BCUT2D eigenvalue weighted by molar-refractivity contribution is -0.274. The van der Waals surface area contributed by atoms with Crippen LogP contribution in [-0.2, 0) is 11.2 Å². The van der Waals surface area contributed by atoms with Crippen LogP contribution in [0.25, 0.3) is 11.3 Å². The maximum Gasteiger partial charge on any atom is 0.573 e. The van der Waals surface area contributed by atoms with E-state index in [1.165, 1.54) is 36.5 Å². The quantitative estimate of drug-likeness (QED) is 0.941. The van der Waals surface area contributed by atoms with Crippen molar-refractivity contribution < 1.29 is 27.8 Å². The van der Waals surface area contributed by atoms with Gasteiger partial charge in [0.15, 0.2) is 0 Å². The molecule has 1 N–H and O–H groups in total. The molecule has 0 aliphatic rings. The Morgan fingerprint density at radius 3 is 2.48 bits per heavy atom. The zero-order chi connectivity index (χ0) is 15.5. The van der Waals surface area contributed by atoms with E-state index in [1.807, 2.05) is 0 Å². The molecule has 0 saturated carbocycles. The minimum Gasteiger partial charge on any atom is -0.481 e. The van der Waals surface area contributed by atoms with Crippen LogP contribution in [-0.4, -0.2) is 22.4 Å². The van der Waals surface area contributed by atoms with Crippen LogP contribution in [0.15, 0.2) is 42.6 Å². The van der Waals surface area contributed by atoms with E-state index in [0.29, 0.717) is 5.56 Å². The summed E-state index contributed by atoms with van der Waals surface area (Å²) in [4.78, 5) is 14.5. The standard InChI is InChI=1S/C14H10F3NO3/c15-14(16,17)21-12-4-2-1-3-10(12)11-6-5-9(8-18-11)7-13(19)20/h1-6,8H,7H2,(H,19,20). The summed E-state index contributed by atoms with van der Waals surface area (Å²) in [6.45, 7) is 0. The minimum atomic E-state index is -4.79. The Morgan fingerprint density at radius 2 is 1.90 bits per heavy atom. The molecule has 4 nitrogen and oxygen atoms in total. The lowest BCUT2D eigenvalue weighted by Crippen LogP contribution is -2.17. The van der Waals surface area contributed by atoms with Crippen molar-refractivity contribution in [2.24, 2.45) is 0 Å². The number of hydrogen-bond acceptors (Lipinski definition) is 3. The molecule has 1 heterocycles. The molecule has 0 aliphatic heterocycles. The molecule has 0 atom stereocenters. The summed E-state index contributed by atoms with van der Waals surface area (Å²) in [6.07, 6.45) is -3.68. The Labute approximate surface area is 117 Å². The Kier molecular flexibility index (Phi) is 4.11. The monoisotopic (exact) mass is 297 g/mol. The van der Waals surface area contributed by atoms with Gasteiger partial charge in [0.2, 0.25) is 0 Å². The van der Waals surface area contributed by atoms with E-state index in [2.05, 4.69) is 9.72 Å². The molecule has 0 bridgehead atoms. The van der Waals surface area contributed by atoms with Gasteiger partial charge in [0, 0.05) is 11.8 Å². The smallest absolute Gasteiger partial charge is 0.481 e. The summed E-state index contributed by atoms with van der Waals surface area (Å²) in [7, 11) is 0. The predicted molar refractivity (Wildman–Crippen MR) is 67.7 cm³/mol. The number of hydrogen-bond donors (Lipinski definition) is 1. The van der Waals surface area contributed by atoms with E-state index in [-0.39, 0.29) is 23.4 Å². The number of benzene rings is 1. The van der Waals surface area contributed by atoms with Crippen LogP contribution in [0.4, 0.5) is 13.2 Å². The van der Waals surface area contributed by atoms with Crippen molar-refractivity contribution in [3.8, 4) is 17.0 Å². The summed E-state index contributed by atoms with van der Waals surface area (Å²) in [5, 5.41) is 8.65. The number of carbonyl (C=O) groups is 1. The molecule has 0 spiro atoms. The highest BCUT2D eigenvalue weighted by Crippen LogP contribution is 2.32. The molecule has 0 amide bonds. The van der Waals surface area contributed by atoms with Gasteiger partial charge in [-0.3, -0.25) is 9.78 Å². The summed E-state index contributed by atoms with van der Waals surface area (Å²) < 4.78 is 41.0. The second-order valence-electron chi connectivity index (χ2n) is 4.17. The third kappa shape index (κ3) is 4.20. The highest BCUT2D eigenvalue weighted by atomic mass is 19.4. The van der Waals surface area contributed by atoms with Crippen molar-refractivity contribution in [3.63, 3.8) is 0 Å². The van der Waals surface area contributed by atoms with Gasteiger partial charge in [0.05, 0.1) is 12.1 Å². The molecule has 1 aromatic carbocycles. The summed E-state index contributed by atoms with van der Waals surface area (Å²) in [5.41, 5.74) is 0.904. The molecule has 0 radical (unpaired) electrons. The van der Waals surface area contributed by atoms with Crippen LogP contribution < -0.4 is 4.74 Å². The first-order valence-corrected chi connectivity index (χ1v) is 5.87. The molecule has 2 aromatic rings. The maximum absolute atomic E-state index is 12.3. The van der Waals surface area contributed by atoms with E-state index in [0.717, 1.165) is 0 Å². The average Bonchev–Trinajstić information content (AvgIpc) is 2.38. The van der Waals surface area contributed by atoms with Gasteiger partial charge in [-0.25, -0.2) is 0 Å². The molecule has 21 heavy (non-hydrogen) atoms. The van der Waals surface area contributed by atoms with Crippen molar-refractivity contribution in [2.75, 3.05) is 0 Å². The first-order valence-electron chi connectivity index (χ1n) is 5.87. The number of nitrogens with zero attached hydrogens (tertiary/aromatic N) is 1. The van der Waals surface area contributed by atoms with Crippen molar-refractivity contribution in [1.82, 2.24) is 4.98 Å². The van der Waals surface area contributed by atoms with Crippen LogP contribution >= 0.6 is 0 Å². The first kappa shape index (κ1) is 14.8. The fourth-order valence-electron chi connectivity index (χ4n) is 1.75. The number of halogens is 3. The van der Waals surface area contributed by atoms with Gasteiger partial charge in [0.1, 0.15) is 5.75 Å². The van der Waals surface area contributed by atoms with Gasteiger partial charge < -0.3 is 9.84 Å². The number of aliphatic carboxylic acids is 1. The lowest BCUT2D eigenvalue weighted by atomic mass is 10.1. The van der Waals surface area contributed by atoms with Crippen LogP contribution in [0.1, 0.15) is 5.56 Å². The van der Waals surface area contributed by atoms with Gasteiger partial charge in [-0.05, 0) is 23.8 Å². The highest BCUT2D eigenvalue weighted by molar-refractivity contribution is 5.71. The summed E-state index contributed by atoms with van der Waals surface area (Å²) in [5.74, 6) is -1.37. The molecule has 0 unspecified atom stereocenters. The van der Waals surface area contributed by atoms with Crippen molar-refractivity contribution in [1.29, 1.82) is 0 Å². The topological polar surface area (TPSA) is 59.4 Å². The number of para-hydroxylation sites is 1. The maximum atomic E-state index is 12.3. The Morgan fingerprint density at radius 1 is 1.19 bits per heavy atom. The van der Waals surface area contributed by atoms with Crippen LogP contribution in [0.3, 0.4) is 0 Å². The molecule has 110 valence electrons.